The summed E-state index contributed by atoms with van der Waals surface area (Å²) in [5.74, 6) is 0.634. The number of aryl methyl sites for hydroxylation is 2. The van der Waals surface area contributed by atoms with Crippen LogP contribution in [0.1, 0.15) is 31.1 Å². The molecule has 3 rings (SSSR count). The highest BCUT2D eigenvalue weighted by Crippen LogP contribution is 2.14. The number of amides is 1. The van der Waals surface area contributed by atoms with Crippen molar-refractivity contribution >= 4 is 11.6 Å². The molecule has 0 spiro atoms. The van der Waals surface area contributed by atoms with Gasteiger partial charge in [0, 0.05) is 6.20 Å². The van der Waals surface area contributed by atoms with Crippen LogP contribution in [-0.4, -0.2) is 25.5 Å². The fourth-order valence-corrected chi connectivity index (χ4v) is 2.48. The van der Waals surface area contributed by atoms with Crippen LogP contribution in [0.25, 0.3) is 0 Å². The number of rotatable bonds is 7. The molecule has 1 amide bonds. The van der Waals surface area contributed by atoms with E-state index >= 15 is 0 Å². The van der Waals surface area contributed by atoms with Gasteiger partial charge in [-0.25, -0.2) is 4.68 Å². The summed E-state index contributed by atoms with van der Waals surface area (Å²) < 4.78 is 8.97. The van der Waals surface area contributed by atoms with Crippen LogP contribution >= 0.6 is 0 Å². The van der Waals surface area contributed by atoms with E-state index in [1.54, 1.807) is 34.9 Å². The minimum absolute atomic E-state index is 0.149. The summed E-state index contributed by atoms with van der Waals surface area (Å²) in [5.41, 5.74) is 2.76. The molecule has 0 saturated carbocycles. The first-order valence-corrected chi connectivity index (χ1v) is 8.62. The van der Waals surface area contributed by atoms with Gasteiger partial charge in [0.1, 0.15) is 11.8 Å². The van der Waals surface area contributed by atoms with Crippen molar-refractivity contribution in [3.8, 4) is 5.75 Å². The van der Waals surface area contributed by atoms with Crippen LogP contribution in [0.15, 0.2) is 48.9 Å². The molecule has 0 aliphatic carbocycles. The first-order chi connectivity index (χ1) is 12.5. The van der Waals surface area contributed by atoms with Crippen molar-refractivity contribution in [1.82, 2.24) is 19.6 Å². The van der Waals surface area contributed by atoms with E-state index in [1.807, 2.05) is 37.3 Å². The SMILES string of the molecule is CCc1ccc(OCn2cc(NC(=O)C(C)n3ccc(C)n3)cn2)cc1. The molecule has 2 heterocycles. The Balaban J connectivity index is 1.54. The lowest BCUT2D eigenvalue weighted by atomic mass is 10.2. The van der Waals surface area contributed by atoms with Gasteiger partial charge < -0.3 is 10.1 Å². The second-order valence-corrected chi connectivity index (χ2v) is 6.14. The van der Waals surface area contributed by atoms with E-state index < -0.39 is 6.04 Å². The Hall–Kier alpha value is -3.09. The summed E-state index contributed by atoms with van der Waals surface area (Å²) in [6.45, 7) is 6.08. The lowest BCUT2D eigenvalue weighted by molar-refractivity contribution is -0.119. The number of hydrogen-bond acceptors (Lipinski definition) is 4. The number of carbonyl (C=O) groups is 1. The number of benzene rings is 1. The molecule has 0 saturated heterocycles. The van der Waals surface area contributed by atoms with Gasteiger partial charge in [0.25, 0.3) is 0 Å². The van der Waals surface area contributed by atoms with Crippen molar-refractivity contribution in [2.75, 3.05) is 5.32 Å². The normalized spacial score (nSPS) is 12.0. The Morgan fingerprint density at radius 2 is 2.04 bits per heavy atom. The van der Waals surface area contributed by atoms with Gasteiger partial charge in [-0.2, -0.15) is 10.2 Å². The second kappa shape index (κ2) is 7.86. The molecule has 0 fully saturated rings. The first-order valence-electron chi connectivity index (χ1n) is 8.62. The number of ether oxygens (including phenoxy) is 1. The monoisotopic (exact) mass is 353 g/mol. The largest absolute Gasteiger partial charge is 0.471 e. The standard InChI is InChI=1S/C19H23N5O2/c1-4-16-5-7-18(8-6-16)26-13-23-12-17(11-20-23)21-19(25)15(3)24-10-9-14(2)22-24/h5-12,15H,4,13H2,1-3H3,(H,21,25). The fourth-order valence-electron chi connectivity index (χ4n) is 2.48. The Bertz CT molecular complexity index is 866. The molecule has 1 atom stereocenters. The predicted molar refractivity (Wildman–Crippen MR) is 99.0 cm³/mol. The van der Waals surface area contributed by atoms with Crippen molar-refractivity contribution in [3.05, 3.63) is 60.2 Å². The van der Waals surface area contributed by atoms with Crippen molar-refractivity contribution in [1.29, 1.82) is 0 Å². The quantitative estimate of drug-likeness (QED) is 0.708. The maximum absolute atomic E-state index is 12.3. The Morgan fingerprint density at radius 1 is 1.27 bits per heavy atom. The molecule has 1 N–H and O–H groups in total. The van der Waals surface area contributed by atoms with Crippen LogP contribution < -0.4 is 10.1 Å². The molecule has 136 valence electrons. The second-order valence-electron chi connectivity index (χ2n) is 6.14. The molecule has 0 aliphatic heterocycles. The van der Waals surface area contributed by atoms with Crippen molar-refractivity contribution in [2.24, 2.45) is 0 Å². The van der Waals surface area contributed by atoms with Crippen LogP contribution in [0.5, 0.6) is 5.75 Å². The molecular weight excluding hydrogens is 330 g/mol. The van der Waals surface area contributed by atoms with Crippen LogP contribution in [-0.2, 0) is 17.9 Å². The highest BCUT2D eigenvalue weighted by Gasteiger charge is 2.16. The number of carbonyl (C=O) groups excluding carboxylic acids is 1. The fraction of sp³-hybridized carbons (Fsp3) is 0.316. The maximum Gasteiger partial charge on any atom is 0.249 e. The molecule has 0 radical (unpaired) electrons. The molecule has 3 aromatic rings. The molecule has 1 aromatic carbocycles. The van der Waals surface area contributed by atoms with Gasteiger partial charge in [0.2, 0.25) is 5.91 Å². The average Bonchev–Trinajstić information content (AvgIpc) is 3.28. The Morgan fingerprint density at radius 3 is 2.69 bits per heavy atom. The number of aromatic nitrogens is 4. The minimum Gasteiger partial charge on any atom is -0.471 e. The predicted octanol–water partition coefficient (Wildman–Crippen LogP) is 3.19. The number of hydrogen-bond donors (Lipinski definition) is 1. The molecular formula is C19H23N5O2. The van der Waals surface area contributed by atoms with E-state index in [0.717, 1.165) is 17.9 Å². The zero-order valence-electron chi connectivity index (χ0n) is 15.2. The van der Waals surface area contributed by atoms with Crippen LogP contribution in [0.2, 0.25) is 0 Å². The van der Waals surface area contributed by atoms with E-state index in [1.165, 1.54) is 5.56 Å². The average molecular weight is 353 g/mol. The summed E-state index contributed by atoms with van der Waals surface area (Å²) in [6.07, 6.45) is 6.13. The number of nitrogens with zero attached hydrogens (tertiary/aromatic N) is 4. The number of nitrogens with one attached hydrogen (secondary N) is 1. The van der Waals surface area contributed by atoms with E-state index in [4.69, 9.17) is 4.74 Å². The van der Waals surface area contributed by atoms with Crippen molar-refractivity contribution < 1.29 is 9.53 Å². The molecule has 0 bridgehead atoms. The van der Waals surface area contributed by atoms with Gasteiger partial charge in [-0.15, -0.1) is 0 Å². The zero-order chi connectivity index (χ0) is 18.5. The highest BCUT2D eigenvalue weighted by molar-refractivity contribution is 5.93. The van der Waals surface area contributed by atoms with E-state index in [0.29, 0.717) is 5.69 Å². The molecule has 1 unspecified atom stereocenters. The van der Waals surface area contributed by atoms with Crippen molar-refractivity contribution in [2.45, 2.75) is 40.0 Å². The third-order valence-electron chi connectivity index (χ3n) is 4.11. The van der Waals surface area contributed by atoms with Gasteiger partial charge in [-0.1, -0.05) is 19.1 Å². The molecule has 26 heavy (non-hydrogen) atoms. The van der Waals surface area contributed by atoms with E-state index in [9.17, 15) is 4.79 Å². The maximum atomic E-state index is 12.3. The molecule has 7 heteroatoms. The minimum atomic E-state index is -0.402. The van der Waals surface area contributed by atoms with Crippen molar-refractivity contribution in [3.63, 3.8) is 0 Å². The number of anilines is 1. The third-order valence-corrected chi connectivity index (χ3v) is 4.11. The summed E-state index contributed by atoms with van der Waals surface area (Å²) in [7, 11) is 0. The molecule has 2 aromatic heterocycles. The third kappa shape index (κ3) is 4.30. The Labute approximate surface area is 152 Å². The molecule has 0 aliphatic rings. The van der Waals surface area contributed by atoms with Crippen LogP contribution in [0.3, 0.4) is 0 Å². The van der Waals surface area contributed by atoms with Crippen LogP contribution in [0.4, 0.5) is 5.69 Å². The van der Waals surface area contributed by atoms with Crippen LogP contribution in [0, 0.1) is 6.92 Å². The smallest absolute Gasteiger partial charge is 0.249 e. The zero-order valence-corrected chi connectivity index (χ0v) is 15.2. The lowest BCUT2D eigenvalue weighted by Crippen LogP contribution is -2.23. The summed E-state index contributed by atoms with van der Waals surface area (Å²) in [6, 6.07) is 9.44. The van der Waals surface area contributed by atoms with E-state index in [-0.39, 0.29) is 12.6 Å². The van der Waals surface area contributed by atoms with Gasteiger partial charge in [0.05, 0.1) is 23.8 Å². The van der Waals surface area contributed by atoms with Gasteiger partial charge in [0.15, 0.2) is 6.73 Å². The topological polar surface area (TPSA) is 74.0 Å². The summed E-state index contributed by atoms with van der Waals surface area (Å²) in [4.78, 5) is 12.3. The first kappa shape index (κ1) is 17.7. The van der Waals surface area contributed by atoms with E-state index in [2.05, 4.69) is 22.4 Å². The summed E-state index contributed by atoms with van der Waals surface area (Å²) >= 11 is 0. The van der Waals surface area contributed by atoms with Gasteiger partial charge in [-0.05, 0) is 44.0 Å². The lowest BCUT2D eigenvalue weighted by Gasteiger charge is -2.11. The molecule has 7 nitrogen and oxygen atoms in total. The Kier molecular flexibility index (Phi) is 5.36. The van der Waals surface area contributed by atoms with Gasteiger partial charge >= 0.3 is 0 Å². The highest BCUT2D eigenvalue weighted by atomic mass is 16.5. The summed E-state index contributed by atoms with van der Waals surface area (Å²) in [5, 5.41) is 11.3. The van der Waals surface area contributed by atoms with Gasteiger partial charge in [-0.3, -0.25) is 9.48 Å².